The number of rotatable bonds is 3. The fourth-order valence-electron chi connectivity index (χ4n) is 1.25. The van der Waals surface area contributed by atoms with Crippen LogP contribution >= 0.6 is 46.0 Å². The Labute approximate surface area is 127 Å². The summed E-state index contributed by atoms with van der Waals surface area (Å²) in [7, 11) is 0. The summed E-state index contributed by atoms with van der Waals surface area (Å²) in [5.41, 5.74) is 0. The maximum absolute atomic E-state index is 6.02. The molecule has 2 N–H and O–H groups in total. The largest absolute Gasteiger partial charge is 0.243 e. The number of anilines is 2. The van der Waals surface area contributed by atoms with Crippen molar-refractivity contribution in [2.75, 3.05) is 11.3 Å². The molecule has 8 heteroatoms. The average molecular weight is 394 g/mol. The highest BCUT2D eigenvalue weighted by Gasteiger charge is 2.13. The van der Waals surface area contributed by atoms with Gasteiger partial charge in [-0.25, -0.2) is 25.8 Å². The Kier molecular flexibility index (Phi) is 4.60. The van der Waals surface area contributed by atoms with E-state index in [9.17, 15) is 0 Å². The molecular weight excluding hydrogens is 385 g/mol. The van der Waals surface area contributed by atoms with E-state index in [4.69, 9.17) is 17.4 Å². The van der Waals surface area contributed by atoms with E-state index >= 15 is 0 Å². The van der Waals surface area contributed by atoms with Gasteiger partial charge >= 0.3 is 0 Å². The molecule has 0 saturated heterocycles. The molecule has 94 valence electrons. The number of hydrogen-bond donors (Lipinski definition) is 1. The van der Waals surface area contributed by atoms with Gasteiger partial charge in [0.05, 0.1) is 3.57 Å². The van der Waals surface area contributed by atoms with Crippen LogP contribution in [0.5, 0.6) is 0 Å². The lowest BCUT2D eigenvalue weighted by Gasteiger charge is -2.18. The van der Waals surface area contributed by atoms with E-state index in [-0.39, 0.29) is 0 Å². The molecule has 0 aliphatic heterocycles. The monoisotopic (exact) mass is 393 g/mol. The maximum atomic E-state index is 6.02. The number of aromatic nitrogens is 3. The normalized spacial score (nSPS) is 10.4. The summed E-state index contributed by atoms with van der Waals surface area (Å²) >= 11 is 9.42. The summed E-state index contributed by atoms with van der Waals surface area (Å²) < 4.78 is 0.842. The van der Waals surface area contributed by atoms with Gasteiger partial charge in [-0.3, -0.25) is 0 Å². The van der Waals surface area contributed by atoms with Crippen LogP contribution in [0.4, 0.5) is 11.6 Å². The van der Waals surface area contributed by atoms with Crippen molar-refractivity contribution < 1.29 is 0 Å². The molecule has 2 aromatic rings. The molecule has 0 aliphatic carbocycles. The summed E-state index contributed by atoms with van der Waals surface area (Å²) in [5.74, 6) is 7.15. The van der Waals surface area contributed by atoms with Crippen molar-refractivity contribution in [3.05, 3.63) is 33.1 Å². The molecule has 2 heterocycles. The number of nitrogens with two attached hydrogens (primary N) is 1. The summed E-state index contributed by atoms with van der Waals surface area (Å²) in [6, 6.07) is 5.24. The molecule has 0 aliphatic rings. The first-order valence-corrected chi connectivity index (χ1v) is 7.54. The lowest BCUT2D eigenvalue weighted by Crippen LogP contribution is -2.28. The van der Waals surface area contributed by atoms with Crippen molar-refractivity contribution in [2.45, 2.75) is 5.16 Å². The average Bonchev–Trinajstić information content (AvgIpc) is 2.38. The van der Waals surface area contributed by atoms with Crippen LogP contribution in [0, 0.1) is 3.57 Å². The minimum Gasteiger partial charge on any atom is -0.243 e. The first-order valence-electron chi connectivity index (χ1n) is 4.85. The standard InChI is InChI=1S/C10H9ClIN5S/c1-18-10-14-5-6(12)9(16-10)17(13)8-4-2-3-7(11)15-8/h2-5H,13H2,1H3. The molecule has 5 nitrogen and oxygen atoms in total. The molecule has 0 bridgehead atoms. The number of hydrazine groups is 1. The van der Waals surface area contributed by atoms with Crippen molar-refractivity contribution in [3.8, 4) is 0 Å². The summed E-state index contributed by atoms with van der Waals surface area (Å²) in [4.78, 5) is 12.7. The van der Waals surface area contributed by atoms with Crippen LogP contribution in [0.1, 0.15) is 0 Å². The summed E-state index contributed by atoms with van der Waals surface area (Å²) in [6.45, 7) is 0. The van der Waals surface area contributed by atoms with Gasteiger partial charge in [0.2, 0.25) is 0 Å². The van der Waals surface area contributed by atoms with E-state index in [1.807, 2.05) is 6.26 Å². The van der Waals surface area contributed by atoms with Gasteiger partial charge in [-0.2, -0.15) is 0 Å². The van der Waals surface area contributed by atoms with Crippen LogP contribution in [0.25, 0.3) is 0 Å². The van der Waals surface area contributed by atoms with Crippen molar-refractivity contribution in [3.63, 3.8) is 0 Å². The molecule has 0 fully saturated rings. The third kappa shape index (κ3) is 3.02. The van der Waals surface area contributed by atoms with Gasteiger partial charge in [0.1, 0.15) is 11.0 Å². The Balaban J connectivity index is 2.41. The topological polar surface area (TPSA) is 67.9 Å². The Morgan fingerprint density at radius 3 is 2.83 bits per heavy atom. The van der Waals surface area contributed by atoms with E-state index in [0.717, 1.165) is 3.57 Å². The zero-order valence-corrected chi connectivity index (χ0v) is 13.1. The van der Waals surface area contributed by atoms with E-state index in [1.165, 1.54) is 16.8 Å². The molecule has 2 rings (SSSR count). The van der Waals surface area contributed by atoms with Gasteiger partial charge < -0.3 is 0 Å². The Morgan fingerprint density at radius 1 is 1.39 bits per heavy atom. The molecule has 0 amide bonds. The fourth-order valence-corrected chi connectivity index (χ4v) is 2.26. The van der Waals surface area contributed by atoms with Crippen LogP contribution in [-0.4, -0.2) is 21.2 Å². The molecule has 2 aromatic heterocycles. The molecular formula is C10H9ClIN5S. The predicted octanol–water partition coefficient (Wildman–Crippen LogP) is 2.86. The Morgan fingerprint density at radius 2 is 2.17 bits per heavy atom. The highest BCUT2D eigenvalue weighted by Crippen LogP contribution is 2.25. The highest BCUT2D eigenvalue weighted by molar-refractivity contribution is 14.1. The Hall–Kier alpha value is -0.640. The molecule has 18 heavy (non-hydrogen) atoms. The molecule has 0 atom stereocenters. The van der Waals surface area contributed by atoms with Crippen LogP contribution in [-0.2, 0) is 0 Å². The molecule has 0 aromatic carbocycles. The highest BCUT2D eigenvalue weighted by atomic mass is 127. The third-order valence-electron chi connectivity index (χ3n) is 2.06. The smallest absolute Gasteiger partial charge is 0.189 e. The first kappa shape index (κ1) is 13.8. The number of nitrogens with zero attached hydrogens (tertiary/aromatic N) is 4. The third-order valence-corrected chi connectivity index (χ3v) is 3.59. The van der Waals surface area contributed by atoms with Gasteiger partial charge in [0.25, 0.3) is 0 Å². The molecule has 0 spiro atoms. The Bertz CT molecular complexity index is 568. The number of pyridine rings is 1. The lowest BCUT2D eigenvalue weighted by molar-refractivity contribution is 0.903. The predicted molar refractivity (Wildman–Crippen MR) is 82.1 cm³/mol. The second kappa shape index (κ2) is 6.00. The van der Waals surface area contributed by atoms with Crippen molar-refractivity contribution >= 4 is 57.6 Å². The quantitative estimate of drug-likeness (QED) is 0.216. The van der Waals surface area contributed by atoms with Crippen molar-refractivity contribution in [1.82, 2.24) is 15.0 Å². The van der Waals surface area contributed by atoms with Gasteiger partial charge in [-0.1, -0.05) is 29.4 Å². The zero-order chi connectivity index (χ0) is 13.1. The van der Waals surface area contributed by atoms with Crippen molar-refractivity contribution in [2.24, 2.45) is 5.84 Å². The van der Waals surface area contributed by atoms with E-state index in [1.54, 1.807) is 24.4 Å². The zero-order valence-electron chi connectivity index (χ0n) is 9.34. The van der Waals surface area contributed by atoms with Crippen molar-refractivity contribution in [1.29, 1.82) is 0 Å². The van der Waals surface area contributed by atoms with Crippen LogP contribution in [0.15, 0.2) is 29.6 Å². The summed E-state index contributed by atoms with van der Waals surface area (Å²) in [6.07, 6.45) is 3.63. The van der Waals surface area contributed by atoms with E-state index < -0.39 is 0 Å². The number of halogens is 2. The van der Waals surface area contributed by atoms with Gasteiger partial charge in [-0.15, -0.1) is 0 Å². The molecule has 0 saturated carbocycles. The minimum atomic E-state index is 0.386. The second-order valence-corrected chi connectivity index (χ2v) is 5.54. The van der Waals surface area contributed by atoms with Crippen LogP contribution in [0.3, 0.4) is 0 Å². The van der Waals surface area contributed by atoms with Gasteiger partial charge in [-0.05, 0) is 41.0 Å². The fraction of sp³-hybridized carbons (Fsp3) is 0.100. The van der Waals surface area contributed by atoms with Crippen LogP contribution < -0.4 is 10.9 Å². The summed E-state index contributed by atoms with van der Waals surface area (Å²) in [5, 5.41) is 2.44. The lowest BCUT2D eigenvalue weighted by atomic mass is 10.4. The van der Waals surface area contributed by atoms with Crippen LogP contribution in [0.2, 0.25) is 5.15 Å². The number of thioether (sulfide) groups is 1. The minimum absolute atomic E-state index is 0.386. The molecule has 0 radical (unpaired) electrons. The second-order valence-electron chi connectivity index (χ2n) is 3.22. The van der Waals surface area contributed by atoms with E-state index in [0.29, 0.717) is 21.9 Å². The maximum Gasteiger partial charge on any atom is 0.189 e. The first-order chi connectivity index (χ1) is 8.61. The van der Waals surface area contributed by atoms with Gasteiger partial charge in [0.15, 0.2) is 11.0 Å². The van der Waals surface area contributed by atoms with Gasteiger partial charge in [0, 0.05) is 6.20 Å². The SMILES string of the molecule is CSc1ncc(I)c(N(N)c2cccc(Cl)n2)n1. The number of hydrogen-bond acceptors (Lipinski definition) is 6. The molecule has 0 unspecified atom stereocenters. The van der Waals surface area contributed by atoms with E-state index in [2.05, 4.69) is 37.5 Å².